The van der Waals surface area contributed by atoms with Gasteiger partial charge in [-0.15, -0.1) is 6.58 Å². The number of likely N-dealkylation sites (tertiary alicyclic amines) is 1. The van der Waals surface area contributed by atoms with Crippen LogP contribution >= 0.6 is 0 Å². The normalized spacial score (nSPS) is 28.6. The van der Waals surface area contributed by atoms with Crippen molar-refractivity contribution in [3.63, 3.8) is 0 Å². The van der Waals surface area contributed by atoms with Gasteiger partial charge in [0.25, 0.3) is 11.9 Å². The fourth-order valence-electron chi connectivity index (χ4n) is 8.81. The van der Waals surface area contributed by atoms with E-state index in [0.717, 1.165) is 40.8 Å². The maximum Gasteiger partial charge on any atom is 0.297 e. The molecule has 1 saturated heterocycles. The van der Waals surface area contributed by atoms with Crippen molar-refractivity contribution in [2.45, 2.75) is 142 Å². The van der Waals surface area contributed by atoms with Crippen LogP contribution in [0, 0.1) is 23.2 Å². The van der Waals surface area contributed by atoms with Crippen LogP contribution in [0.3, 0.4) is 0 Å². The number of amides is 3. The van der Waals surface area contributed by atoms with Gasteiger partial charge in [-0.1, -0.05) is 71.9 Å². The molecule has 12 nitrogen and oxygen atoms in total. The second-order valence-corrected chi connectivity index (χ2v) is 20.7. The minimum absolute atomic E-state index is 0.0191. The molecule has 1 aromatic carbocycles. The zero-order chi connectivity index (χ0) is 41.2. The molecular weight excluding hydrogens is 741 g/mol. The number of carbonyl (C=O) groups excluding carboxylic acids is 3. The van der Waals surface area contributed by atoms with E-state index < -0.39 is 56.1 Å². The van der Waals surface area contributed by atoms with E-state index in [2.05, 4.69) is 61.0 Å². The molecule has 5 aliphatic rings. The van der Waals surface area contributed by atoms with Crippen molar-refractivity contribution in [3.8, 4) is 6.01 Å². The molecule has 2 aromatic rings. The van der Waals surface area contributed by atoms with Crippen molar-refractivity contribution in [1.82, 2.24) is 24.5 Å². The van der Waals surface area contributed by atoms with Crippen LogP contribution < -0.4 is 14.8 Å². The quantitative estimate of drug-likeness (QED) is 0.319. The highest BCUT2D eigenvalue weighted by molar-refractivity contribution is 7.91. The summed E-state index contributed by atoms with van der Waals surface area (Å²) in [6.45, 7) is 20.3. The van der Waals surface area contributed by atoms with Gasteiger partial charge >= 0.3 is 0 Å². The molecule has 57 heavy (non-hydrogen) atoms. The van der Waals surface area contributed by atoms with Crippen molar-refractivity contribution in [2.75, 3.05) is 6.54 Å². The topological polar surface area (TPSA) is 152 Å². The lowest BCUT2D eigenvalue weighted by Gasteiger charge is -2.33. The van der Waals surface area contributed by atoms with E-state index in [0.29, 0.717) is 38.1 Å². The molecule has 6 bridgehead atoms. The fourth-order valence-corrected chi connectivity index (χ4v) is 10.5. The lowest BCUT2D eigenvalue weighted by molar-refractivity contribution is -0.144. The molecule has 3 amide bonds. The number of benzene rings is 1. The maximum atomic E-state index is 14.4. The standard InChI is InChI=1S/C44H60N6O6S/c1-10-30-24-44(30)40(53)48-57(54,55)43(20-21-43)19-14-12-11-13-16-29-22-33(45-36(29)26(2)3)32-17-15-18-34-37(32)46-41(50(34)27(4)5)56-31-23-35(38(51)47-44)49(25-31)39(52)28(6)42(7,8)9/h10-12,15,17-18,26-28,30-31,35H,1,13-14,16,19-25H2,2-9H3,(H,47,51)(H,48,53)/b12-11+/t28-,30-,31-,35+,44-/m1/s1. The van der Waals surface area contributed by atoms with Crippen LogP contribution in [0.25, 0.3) is 11.0 Å². The number of hydrogen-bond donors (Lipinski definition) is 2. The first kappa shape index (κ1) is 40.9. The molecule has 5 atom stereocenters. The molecule has 2 spiro atoms. The third-order valence-electron chi connectivity index (χ3n) is 13.1. The summed E-state index contributed by atoms with van der Waals surface area (Å²) in [5, 5.41) is 2.93. The zero-order valence-corrected chi connectivity index (χ0v) is 35.7. The number of allylic oxidation sites excluding steroid dienone is 4. The van der Waals surface area contributed by atoms with Crippen LogP contribution in [-0.4, -0.2) is 75.3 Å². The predicted molar refractivity (Wildman–Crippen MR) is 222 cm³/mol. The van der Waals surface area contributed by atoms with E-state index in [1.165, 1.54) is 5.57 Å². The summed E-state index contributed by atoms with van der Waals surface area (Å²) in [5.74, 6) is -2.15. The van der Waals surface area contributed by atoms with Crippen LogP contribution in [-0.2, 0) is 24.4 Å². The molecule has 3 fully saturated rings. The van der Waals surface area contributed by atoms with Gasteiger partial charge in [-0.3, -0.25) is 28.7 Å². The van der Waals surface area contributed by atoms with Crippen molar-refractivity contribution in [3.05, 3.63) is 59.8 Å². The summed E-state index contributed by atoms with van der Waals surface area (Å²) in [7, 11) is -4.05. The first-order valence-corrected chi connectivity index (χ1v) is 22.2. The molecule has 1 aromatic heterocycles. The van der Waals surface area contributed by atoms with E-state index in [1.807, 2.05) is 45.9 Å². The largest absolute Gasteiger partial charge is 0.459 e. The smallest absolute Gasteiger partial charge is 0.297 e. The molecule has 4 heterocycles. The Hall–Kier alpha value is -4.26. The summed E-state index contributed by atoms with van der Waals surface area (Å²) in [6.07, 6.45) is 9.75. The molecule has 2 saturated carbocycles. The summed E-state index contributed by atoms with van der Waals surface area (Å²) < 4.78 is 37.8. The highest BCUT2D eigenvalue weighted by Crippen LogP contribution is 2.49. The number of hydrogen-bond acceptors (Lipinski definition) is 8. The number of nitrogens with zero attached hydrogens (tertiary/aromatic N) is 4. The Morgan fingerprint density at radius 3 is 2.42 bits per heavy atom. The average Bonchev–Trinajstić information content (AvgIpc) is 3.91. The van der Waals surface area contributed by atoms with Crippen molar-refractivity contribution in [2.24, 2.45) is 28.2 Å². The molecular formula is C44H60N6O6S. The number of aromatic nitrogens is 2. The van der Waals surface area contributed by atoms with E-state index in [-0.39, 0.29) is 42.7 Å². The number of carbonyl (C=O) groups is 3. The van der Waals surface area contributed by atoms with Gasteiger partial charge in [0.1, 0.15) is 23.2 Å². The first-order valence-electron chi connectivity index (χ1n) is 20.8. The van der Waals surface area contributed by atoms with Crippen LogP contribution in [0.5, 0.6) is 6.01 Å². The molecule has 2 aliphatic carbocycles. The molecule has 0 unspecified atom stereocenters. The van der Waals surface area contributed by atoms with Gasteiger partial charge in [-0.05, 0) is 81.8 Å². The second kappa shape index (κ2) is 14.8. The van der Waals surface area contributed by atoms with Gasteiger partial charge < -0.3 is 15.0 Å². The Morgan fingerprint density at radius 1 is 1.07 bits per heavy atom. The van der Waals surface area contributed by atoms with Gasteiger partial charge in [0, 0.05) is 42.0 Å². The summed E-state index contributed by atoms with van der Waals surface area (Å²) in [5.41, 5.74) is 4.13. The number of para-hydroxylation sites is 1. The van der Waals surface area contributed by atoms with Crippen LogP contribution in [0.2, 0.25) is 0 Å². The fraction of sp³-hybridized carbons (Fsp3) is 0.614. The van der Waals surface area contributed by atoms with Crippen molar-refractivity contribution < 1.29 is 27.5 Å². The number of aliphatic imine (C=N–C) groups is 1. The Balaban J connectivity index is 1.28. The van der Waals surface area contributed by atoms with Gasteiger partial charge in [0.2, 0.25) is 21.8 Å². The van der Waals surface area contributed by atoms with Crippen LogP contribution in [0.4, 0.5) is 0 Å². The minimum atomic E-state index is -4.05. The Bertz CT molecular complexity index is 2190. The highest BCUT2D eigenvalue weighted by atomic mass is 32.2. The molecule has 2 N–H and O–H groups in total. The van der Waals surface area contributed by atoms with Crippen LogP contribution in [0.1, 0.15) is 125 Å². The molecule has 308 valence electrons. The predicted octanol–water partition coefficient (Wildman–Crippen LogP) is 6.92. The average molecular weight is 801 g/mol. The van der Waals surface area contributed by atoms with Gasteiger partial charge in [0.15, 0.2) is 0 Å². The number of nitrogens with one attached hydrogen (secondary N) is 2. The minimum Gasteiger partial charge on any atom is -0.459 e. The Kier molecular flexibility index (Phi) is 10.7. The van der Waals surface area contributed by atoms with Gasteiger partial charge in [-0.2, -0.15) is 4.98 Å². The van der Waals surface area contributed by atoms with Crippen molar-refractivity contribution >= 4 is 44.5 Å². The SMILES string of the molecule is C=C[C@@H]1C[C@@]12NC(=O)[C@@H]1C[C@H](CN1C(=O)[C@@H](C)C(C)(C)C)Oc1nc3c(cccc3n1C(C)C)C1=NC(C(C)C)=C(CC/C=C/CCC3(CC3)S(=O)(=O)NC2=O)C1. The van der Waals surface area contributed by atoms with Crippen molar-refractivity contribution in [1.29, 1.82) is 0 Å². The molecule has 3 aliphatic heterocycles. The number of rotatable bonds is 4. The van der Waals surface area contributed by atoms with E-state index in [1.54, 1.807) is 11.0 Å². The third kappa shape index (κ3) is 7.49. The summed E-state index contributed by atoms with van der Waals surface area (Å²) in [4.78, 5) is 54.6. The summed E-state index contributed by atoms with van der Waals surface area (Å²) >= 11 is 0. The first-order chi connectivity index (χ1) is 26.8. The lowest BCUT2D eigenvalue weighted by Crippen LogP contribution is -2.57. The number of fused-ring (bicyclic) bond motifs is 6. The molecule has 0 radical (unpaired) electrons. The molecule has 7 rings (SSSR count). The number of sulfonamides is 1. The molecule has 13 heteroatoms. The summed E-state index contributed by atoms with van der Waals surface area (Å²) in [6, 6.07) is 5.55. The maximum absolute atomic E-state index is 14.4. The lowest BCUT2D eigenvalue weighted by atomic mass is 9.81. The third-order valence-corrected chi connectivity index (χ3v) is 15.3. The number of imidazole rings is 1. The Labute approximate surface area is 337 Å². The van der Waals surface area contributed by atoms with Gasteiger partial charge in [0.05, 0.1) is 22.5 Å². The number of ether oxygens (including phenoxy) is 1. The highest BCUT2D eigenvalue weighted by Gasteiger charge is 2.63. The van der Waals surface area contributed by atoms with E-state index >= 15 is 0 Å². The van der Waals surface area contributed by atoms with E-state index in [4.69, 9.17) is 14.7 Å². The zero-order valence-electron chi connectivity index (χ0n) is 34.9. The Morgan fingerprint density at radius 2 is 1.79 bits per heavy atom. The van der Waals surface area contributed by atoms with E-state index in [9.17, 15) is 22.8 Å². The second-order valence-electron chi connectivity index (χ2n) is 18.7. The van der Waals surface area contributed by atoms with Gasteiger partial charge in [-0.25, -0.2) is 8.42 Å². The van der Waals surface area contributed by atoms with Crippen LogP contribution in [0.15, 0.2) is 59.3 Å². The monoisotopic (exact) mass is 800 g/mol.